The lowest BCUT2D eigenvalue weighted by Gasteiger charge is -2.34. The second kappa shape index (κ2) is 7.77. The molecule has 0 bridgehead atoms. The lowest BCUT2D eigenvalue weighted by Crippen LogP contribution is -2.45. The van der Waals surface area contributed by atoms with Crippen LogP contribution in [0.4, 0.5) is 0 Å². The lowest BCUT2D eigenvalue weighted by atomic mass is 10.1. The Bertz CT molecular complexity index is 395. The number of rotatable bonds is 6. The van der Waals surface area contributed by atoms with E-state index in [4.69, 9.17) is 0 Å². The van der Waals surface area contributed by atoms with Gasteiger partial charge in [0.2, 0.25) is 0 Å². The van der Waals surface area contributed by atoms with Gasteiger partial charge in [-0.05, 0) is 17.7 Å². The lowest BCUT2D eigenvalue weighted by molar-refractivity contribution is 0.132. The second-order valence-electron chi connectivity index (χ2n) is 6.07. The molecule has 1 N–H and O–H groups in total. The van der Waals surface area contributed by atoms with Crippen molar-refractivity contribution < 1.29 is 0 Å². The van der Waals surface area contributed by atoms with Crippen molar-refractivity contribution in [3.8, 4) is 0 Å². The maximum atomic E-state index is 3.49. The minimum absolute atomic E-state index is 0.542. The molecule has 0 saturated carbocycles. The molecule has 112 valence electrons. The van der Waals surface area contributed by atoms with Gasteiger partial charge < -0.3 is 10.2 Å². The van der Waals surface area contributed by atoms with Crippen LogP contribution in [0.1, 0.15) is 31.9 Å². The van der Waals surface area contributed by atoms with Crippen LogP contribution in [0.3, 0.4) is 0 Å². The van der Waals surface area contributed by atoms with E-state index >= 15 is 0 Å². The Balaban J connectivity index is 1.85. The maximum absolute atomic E-state index is 3.49. The van der Waals surface area contributed by atoms with Crippen LogP contribution in [-0.2, 0) is 13.1 Å². The standard InChI is InChI=1S/C17H29N3/c1-4-19-8-10-20(11-9-19)14-17-7-5-6-16(12-17)13-18-15(2)3/h5-7,12,15,18H,4,8-11,13-14H2,1-3H3. The molecule has 0 spiro atoms. The number of benzene rings is 1. The summed E-state index contributed by atoms with van der Waals surface area (Å²) in [5, 5.41) is 3.49. The van der Waals surface area contributed by atoms with Crippen molar-refractivity contribution in [2.45, 2.75) is 39.9 Å². The van der Waals surface area contributed by atoms with Crippen LogP contribution < -0.4 is 5.32 Å². The fourth-order valence-electron chi connectivity index (χ4n) is 2.68. The number of hydrogen-bond acceptors (Lipinski definition) is 3. The first-order valence-electron chi connectivity index (χ1n) is 7.93. The van der Waals surface area contributed by atoms with Crippen LogP contribution in [-0.4, -0.2) is 48.6 Å². The Labute approximate surface area is 124 Å². The van der Waals surface area contributed by atoms with Crippen molar-refractivity contribution >= 4 is 0 Å². The summed E-state index contributed by atoms with van der Waals surface area (Å²) in [5.74, 6) is 0. The summed E-state index contributed by atoms with van der Waals surface area (Å²) in [5.41, 5.74) is 2.83. The SMILES string of the molecule is CCN1CCN(Cc2cccc(CNC(C)C)c2)CC1. The number of piperazine rings is 1. The maximum Gasteiger partial charge on any atom is 0.0234 e. The first-order valence-corrected chi connectivity index (χ1v) is 7.93. The molecule has 0 atom stereocenters. The molecule has 3 nitrogen and oxygen atoms in total. The van der Waals surface area contributed by atoms with Crippen LogP contribution in [0.5, 0.6) is 0 Å². The quantitative estimate of drug-likeness (QED) is 0.859. The van der Waals surface area contributed by atoms with Crippen molar-refractivity contribution in [3.63, 3.8) is 0 Å². The third kappa shape index (κ3) is 4.89. The Morgan fingerprint density at radius 3 is 2.35 bits per heavy atom. The van der Waals surface area contributed by atoms with Gasteiger partial charge in [-0.3, -0.25) is 4.90 Å². The molecule has 1 aliphatic rings. The van der Waals surface area contributed by atoms with Crippen LogP contribution in [0, 0.1) is 0 Å². The van der Waals surface area contributed by atoms with Gasteiger partial charge in [0.25, 0.3) is 0 Å². The van der Waals surface area contributed by atoms with Crippen LogP contribution in [0.2, 0.25) is 0 Å². The molecule has 1 fully saturated rings. The highest BCUT2D eigenvalue weighted by Gasteiger charge is 2.15. The molecule has 0 radical (unpaired) electrons. The van der Waals surface area contributed by atoms with Gasteiger partial charge in [-0.25, -0.2) is 0 Å². The number of likely N-dealkylation sites (N-methyl/N-ethyl adjacent to an activating group) is 1. The largest absolute Gasteiger partial charge is 0.310 e. The molecule has 1 aromatic carbocycles. The average molecular weight is 275 g/mol. The van der Waals surface area contributed by atoms with E-state index in [1.165, 1.54) is 43.9 Å². The fourth-order valence-corrected chi connectivity index (χ4v) is 2.68. The van der Waals surface area contributed by atoms with Crippen molar-refractivity contribution in [2.24, 2.45) is 0 Å². The smallest absolute Gasteiger partial charge is 0.0234 e. The molecular formula is C17H29N3. The molecule has 20 heavy (non-hydrogen) atoms. The highest BCUT2D eigenvalue weighted by Crippen LogP contribution is 2.11. The number of hydrogen-bond donors (Lipinski definition) is 1. The zero-order valence-corrected chi connectivity index (χ0v) is 13.2. The average Bonchev–Trinajstić information content (AvgIpc) is 2.46. The predicted octanol–water partition coefficient (Wildman–Crippen LogP) is 2.32. The molecule has 0 aromatic heterocycles. The van der Waals surface area contributed by atoms with Crippen LogP contribution in [0.15, 0.2) is 24.3 Å². The van der Waals surface area contributed by atoms with E-state index in [9.17, 15) is 0 Å². The summed E-state index contributed by atoms with van der Waals surface area (Å²) in [7, 11) is 0. The van der Waals surface area contributed by atoms with E-state index in [0.717, 1.165) is 13.1 Å². The first-order chi connectivity index (χ1) is 9.67. The van der Waals surface area contributed by atoms with Gasteiger partial charge in [-0.2, -0.15) is 0 Å². The molecule has 1 saturated heterocycles. The van der Waals surface area contributed by atoms with Gasteiger partial charge in [0.1, 0.15) is 0 Å². The Morgan fingerprint density at radius 2 is 1.70 bits per heavy atom. The van der Waals surface area contributed by atoms with Crippen molar-refractivity contribution in [3.05, 3.63) is 35.4 Å². The molecule has 1 aliphatic heterocycles. The monoisotopic (exact) mass is 275 g/mol. The van der Waals surface area contributed by atoms with E-state index in [1.807, 2.05) is 0 Å². The zero-order valence-electron chi connectivity index (χ0n) is 13.2. The first kappa shape index (κ1) is 15.5. The van der Waals surface area contributed by atoms with Crippen molar-refractivity contribution in [1.82, 2.24) is 15.1 Å². The highest BCUT2D eigenvalue weighted by molar-refractivity contribution is 5.23. The van der Waals surface area contributed by atoms with E-state index in [1.54, 1.807) is 0 Å². The number of nitrogens with one attached hydrogen (secondary N) is 1. The van der Waals surface area contributed by atoms with Gasteiger partial charge >= 0.3 is 0 Å². The topological polar surface area (TPSA) is 18.5 Å². The Hall–Kier alpha value is -0.900. The van der Waals surface area contributed by atoms with Gasteiger partial charge in [0.05, 0.1) is 0 Å². The van der Waals surface area contributed by atoms with Crippen molar-refractivity contribution in [2.75, 3.05) is 32.7 Å². The minimum Gasteiger partial charge on any atom is -0.310 e. The molecule has 1 aromatic rings. The second-order valence-corrected chi connectivity index (χ2v) is 6.07. The van der Waals surface area contributed by atoms with Crippen molar-refractivity contribution in [1.29, 1.82) is 0 Å². The Kier molecular flexibility index (Phi) is 6.02. The normalized spacial score (nSPS) is 17.8. The summed E-state index contributed by atoms with van der Waals surface area (Å²) >= 11 is 0. The van der Waals surface area contributed by atoms with Gasteiger partial charge in [-0.1, -0.05) is 45.0 Å². The summed E-state index contributed by atoms with van der Waals surface area (Å²) < 4.78 is 0. The van der Waals surface area contributed by atoms with Gasteiger partial charge in [0.15, 0.2) is 0 Å². The van der Waals surface area contributed by atoms with E-state index in [0.29, 0.717) is 6.04 Å². The Morgan fingerprint density at radius 1 is 1.05 bits per heavy atom. The zero-order chi connectivity index (χ0) is 14.4. The third-order valence-corrected chi connectivity index (χ3v) is 4.02. The van der Waals surface area contributed by atoms with E-state index in [-0.39, 0.29) is 0 Å². The molecule has 3 heteroatoms. The summed E-state index contributed by atoms with van der Waals surface area (Å²) in [6, 6.07) is 9.55. The predicted molar refractivity (Wildman–Crippen MR) is 85.8 cm³/mol. The highest BCUT2D eigenvalue weighted by atomic mass is 15.3. The molecule has 0 unspecified atom stereocenters. The summed E-state index contributed by atoms with van der Waals surface area (Å²) in [4.78, 5) is 5.10. The van der Waals surface area contributed by atoms with Crippen LogP contribution in [0.25, 0.3) is 0 Å². The van der Waals surface area contributed by atoms with Crippen LogP contribution >= 0.6 is 0 Å². The third-order valence-electron chi connectivity index (χ3n) is 4.02. The van der Waals surface area contributed by atoms with Gasteiger partial charge in [0, 0.05) is 45.3 Å². The van der Waals surface area contributed by atoms with E-state index in [2.05, 4.69) is 60.2 Å². The van der Waals surface area contributed by atoms with E-state index < -0.39 is 0 Å². The fraction of sp³-hybridized carbons (Fsp3) is 0.647. The summed E-state index contributed by atoms with van der Waals surface area (Å²) in [6.07, 6.45) is 0. The molecule has 0 aliphatic carbocycles. The summed E-state index contributed by atoms with van der Waals surface area (Å²) in [6.45, 7) is 14.7. The minimum atomic E-state index is 0.542. The molecule has 0 amide bonds. The number of nitrogens with zero attached hydrogens (tertiary/aromatic N) is 2. The molecule has 1 heterocycles. The molecule has 2 rings (SSSR count). The van der Waals surface area contributed by atoms with Gasteiger partial charge in [-0.15, -0.1) is 0 Å². The molecular weight excluding hydrogens is 246 g/mol.